The maximum atomic E-state index is 11.0. The fourth-order valence-electron chi connectivity index (χ4n) is 1.85. The molecule has 1 amide bonds. The average molecular weight is 254 g/mol. The molecule has 0 spiro atoms. The highest BCUT2D eigenvalue weighted by Gasteiger charge is 1.99. The van der Waals surface area contributed by atoms with E-state index in [-0.39, 0.29) is 0 Å². The Labute approximate surface area is 113 Å². The number of rotatable bonds is 5. The van der Waals surface area contributed by atoms with E-state index in [1.165, 1.54) is 5.56 Å². The molecule has 0 radical (unpaired) electrons. The van der Waals surface area contributed by atoms with Gasteiger partial charge in [-0.1, -0.05) is 31.2 Å². The number of nitrogens with one attached hydrogen (secondary N) is 1. The number of carbonyl (C=O) groups excluding carboxylic acids is 1. The predicted molar refractivity (Wildman–Crippen MR) is 78.1 cm³/mol. The first-order valence-corrected chi connectivity index (χ1v) is 6.40. The van der Waals surface area contributed by atoms with Gasteiger partial charge in [0.25, 0.3) is 0 Å². The smallest absolute Gasteiger partial charge is 0.248 e. The molecule has 0 saturated carbocycles. The lowest BCUT2D eigenvalue weighted by Gasteiger charge is -2.07. The summed E-state index contributed by atoms with van der Waals surface area (Å²) in [5.74, 6) is -0.394. The van der Waals surface area contributed by atoms with Crippen LogP contribution in [0.3, 0.4) is 0 Å². The van der Waals surface area contributed by atoms with E-state index in [9.17, 15) is 4.79 Å². The second-order valence-electron chi connectivity index (χ2n) is 4.47. The van der Waals surface area contributed by atoms with Gasteiger partial charge in [-0.15, -0.1) is 0 Å². The first-order valence-electron chi connectivity index (χ1n) is 6.40. The number of primary amides is 1. The third kappa shape index (κ3) is 3.58. The van der Waals surface area contributed by atoms with Gasteiger partial charge in [0.2, 0.25) is 5.91 Å². The summed E-state index contributed by atoms with van der Waals surface area (Å²) >= 11 is 0. The molecule has 0 aliphatic heterocycles. The van der Waals surface area contributed by atoms with Crippen LogP contribution in [-0.2, 0) is 13.0 Å². The van der Waals surface area contributed by atoms with E-state index >= 15 is 0 Å². The summed E-state index contributed by atoms with van der Waals surface area (Å²) in [5, 5.41) is 3.34. The summed E-state index contributed by atoms with van der Waals surface area (Å²) in [7, 11) is 0. The van der Waals surface area contributed by atoms with E-state index in [0.29, 0.717) is 5.56 Å². The Hall–Kier alpha value is -2.29. The van der Waals surface area contributed by atoms with Gasteiger partial charge in [-0.2, -0.15) is 0 Å². The van der Waals surface area contributed by atoms with Crippen LogP contribution in [0.5, 0.6) is 0 Å². The first kappa shape index (κ1) is 13.1. The largest absolute Gasteiger partial charge is 0.381 e. The summed E-state index contributed by atoms with van der Waals surface area (Å²) in [6.07, 6.45) is 1.05. The summed E-state index contributed by atoms with van der Waals surface area (Å²) in [4.78, 5) is 11.0. The van der Waals surface area contributed by atoms with Gasteiger partial charge in [-0.3, -0.25) is 4.79 Å². The highest BCUT2D eigenvalue weighted by molar-refractivity contribution is 5.92. The summed E-state index contributed by atoms with van der Waals surface area (Å²) in [5.41, 5.74) is 9.28. The zero-order chi connectivity index (χ0) is 13.7. The van der Waals surface area contributed by atoms with Gasteiger partial charge >= 0.3 is 0 Å². The number of carbonyl (C=O) groups is 1. The average Bonchev–Trinajstić information content (AvgIpc) is 2.46. The van der Waals surface area contributed by atoms with Gasteiger partial charge in [-0.05, 0) is 41.8 Å². The Morgan fingerprint density at radius 2 is 1.58 bits per heavy atom. The van der Waals surface area contributed by atoms with E-state index in [1.54, 1.807) is 12.1 Å². The molecule has 3 nitrogen and oxygen atoms in total. The summed E-state index contributed by atoms with van der Waals surface area (Å²) in [6.45, 7) is 2.87. The highest BCUT2D eigenvalue weighted by Crippen LogP contribution is 2.12. The molecule has 3 N–H and O–H groups in total. The van der Waals surface area contributed by atoms with Crippen molar-refractivity contribution in [3.05, 3.63) is 65.2 Å². The normalized spacial score (nSPS) is 10.2. The lowest BCUT2D eigenvalue weighted by atomic mass is 10.1. The van der Waals surface area contributed by atoms with E-state index in [2.05, 4.69) is 36.5 Å². The predicted octanol–water partition coefficient (Wildman–Crippen LogP) is 2.96. The van der Waals surface area contributed by atoms with Crippen LogP contribution < -0.4 is 11.1 Å². The summed E-state index contributed by atoms with van der Waals surface area (Å²) in [6, 6.07) is 15.7. The van der Waals surface area contributed by atoms with Gasteiger partial charge < -0.3 is 11.1 Å². The van der Waals surface area contributed by atoms with Crippen molar-refractivity contribution >= 4 is 11.6 Å². The fourth-order valence-corrected chi connectivity index (χ4v) is 1.85. The van der Waals surface area contributed by atoms with Crippen LogP contribution >= 0.6 is 0 Å². The Bertz CT molecular complexity index is 544. The van der Waals surface area contributed by atoms with Crippen molar-refractivity contribution in [3.63, 3.8) is 0 Å². The van der Waals surface area contributed by atoms with Crippen molar-refractivity contribution < 1.29 is 4.79 Å². The number of aryl methyl sites for hydroxylation is 1. The van der Waals surface area contributed by atoms with Crippen LogP contribution in [0.15, 0.2) is 48.5 Å². The van der Waals surface area contributed by atoms with Crippen LogP contribution in [0.4, 0.5) is 5.69 Å². The van der Waals surface area contributed by atoms with E-state index < -0.39 is 5.91 Å². The zero-order valence-electron chi connectivity index (χ0n) is 11.0. The number of nitrogens with two attached hydrogens (primary N) is 1. The molecule has 0 aliphatic rings. The molecule has 0 bridgehead atoms. The molecular formula is C16H18N2O. The Balaban J connectivity index is 1.95. The monoisotopic (exact) mass is 254 g/mol. The first-order chi connectivity index (χ1) is 9.19. The summed E-state index contributed by atoms with van der Waals surface area (Å²) < 4.78 is 0. The van der Waals surface area contributed by atoms with Crippen LogP contribution in [0.25, 0.3) is 0 Å². The third-order valence-corrected chi connectivity index (χ3v) is 3.10. The minimum Gasteiger partial charge on any atom is -0.381 e. The Morgan fingerprint density at radius 3 is 2.11 bits per heavy atom. The van der Waals surface area contributed by atoms with Gasteiger partial charge in [0.05, 0.1) is 0 Å². The van der Waals surface area contributed by atoms with E-state index in [0.717, 1.165) is 24.2 Å². The van der Waals surface area contributed by atoms with Crippen molar-refractivity contribution in [2.24, 2.45) is 5.73 Å². The molecule has 0 saturated heterocycles. The Morgan fingerprint density at radius 1 is 1.00 bits per heavy atom. The van der Waals surface area contributed by atoms with Crippen molar-refractivity contribution in [3.8, 4) is 0 Å². The topological polar surface area (TPSA) is 55.1 Å². The second kappa shape index (κ2) is 6.05. The van der Waals surface area contributed by atoms with Crippen LogP contribution in [0.1, 0.15) is 28.4 Å². The SMILES string of the molecule is CCc1ccc(NCc2ccc(C(N)=O)cc2)cc1. The molecular weight excluding hydrogens is 236 g/mol. The lowest BCUT2D eigenvalue weighted by Crippen LogP contribution is -2.10. The fraction of sp³-hybridized carbons (Fsp3) is 0.188. The van der Waals surface area contributed by atoms with E-state index in [4.69, 9.17) is 5.73 Å². The van der Waals surface area contributed by atoms with Crippen molar-refractivity contribution in [2.75, 3.05) is 5.32 Å². The molecule has 0 heterocycles. The quantitative estimate of drug-likeness (QED) is 0.862. The molecule has 0 aliphatic carbocycles. The number of amides is 1. The van der Waals surface area contributed by atoms with Crippen LogP contribution in [0, 0.1) is 0 Å². The molecule has 0 aromatic heterocycles. The highest BCUT2D eigenvalue weighted by atomic mass is 16.1. The van der Waals surface area contributed by atoms with Gasteiger partial charge in [0.15, 0.2) is 0 Å². The van der Waals surface area contributed by atoms with Crippen molar-refractivity contribution in [1.82, 2.24) is 0 Å². The zero-order valence-corrected chi connectivity index (χ0v) is 11.0. The number of anilines is 1. The van der Waals surface area contributed by atoms with Gasteiger partial charge in [-0.25, -0.2) is 0 Å². The lowest BCUT2D eigenvalue weighted by molar-refractivity contribution is 0.100. The number of hydrogen-bond acceptors (Lipinski definition) is 2. The van der Waals surface area contributed by atoms with Crippen molar-refractivity contribution in [2.45, 2.75) is 19.9 Å². The molecule has 2 aromatic rings. The minimum absolute atomic E-state index is 0.394. The van der Waals surface area contributed by atoms with Gasteiger partial charge in [0.1, 0.15) is 0 Å². The molecule has 3 heteroatoms. The van der Waals surface area contributed by atoms with Crippen LogP contribution in [0.2, 0.25) is 0 Å². The van der Waals surface area contributed by atoms with Crippen molar-refractivity contribution in [1.29, 1.82) is 0 Å². The molecule has 2 rings (SSSR count). The maximum Gasteiger partial charge on any atom is 0.248 e. The molecule has 0 fully saturated rings. The maximum absolute atomic E-state index is 11.0. The number of benzene rings is 2. The minimum atomic E-state index is -0.394. The van der Waals surface area contributed by atoms with Gasteiger partial charge in [0, 0.05) is 17.8 Å². The molecule has 0 atom stereocenters. The molecule has 98 valence electrons. The molecule has 2 aromatic carbocycles. The second-order valence-corrected chi connectivity index (χ2v) is 4.47. The molecule has 19 heavy (non-hydrogen) atoms. The standard InChI is InChI=1S/C16H18N2O/c1-2-12-5-9-15(10-6-12)18-11-13-3-7-14(8-4-13)16(17)19/h3-10,18H,2,11H2,1H3,(H2,17,19). The molecule has 0 unspecified atom stereocenters. The Kier molecular flexibility index (Phi) is 4.18. The number of hydrogen-bond donors (Lipinski definition) is 2. The third-order valence-electron chi connectivity index (χ3n) is 3.10. The van der Waals surface area contributed by atoms with Crippen LogP contribution in [-0.4, -0.2) is 5.91 Å². The van der Waals surface area contributed by atoms with E-state index in [1.807, 2.05) is 12.1 Å².